The van der Waals surface area contributed by atoms with Crippen molar-refractivity contribution in [2.24, 2.45) is 5.92 Å². The van der Waals surface area contributed by atoms with Crippen molar-refractivity contribution in [3.63, 3.8) is 0 Å². The summed E-state index contributed by atoms with van der Waals surface area (Å²) < 4.78 is 30.6. The molecule has 0 saturated carbocycles. The number of aryl methyl sites for hydroxylation is 1. The molecule has 0 unspecified atom stereocenters. The molecule has 2 saturated heterocycles. The van der Waals surface area contributed by atoms with E-state index in [1.54, 1.807) is 8.99 Å². The Kier molecular flexibility index (Phi) is 5.95. The van der Waals surface area contributed by atoms with Crippen LogP contribution in [0, 0.1) is 12.8 Å². The standard InChI is InChI=1S/C21H29N5O3S/c1-16-7-9-18(10-8-16)26-21(22)19(14-23-26)20(27)17-6-5-13-25(15-17)30(28,29)24-11-3-2-4-12-24/h7-10,14,17H,2-6,11-13,15,22H2,1H3/t17-/m1/s1. The van der Waals surface area contributed by atoms with E-state index in [2.05, 4.69) is 5.10 Å². The molecule has 162 valence electrons. The van der Waals surface area contributed by atoms with Crippen molar-refractivity contribution in [2.45, 2.75) is 39.0 Å². The number of aromatic nitrogens is 2. The molecule has 9 heteroatoms. The zero-order valence-electron chi connectivity index (χ0n) is 17.3. The minimum Gasteiger partial charge on any atom is -0.383 e. The summed E-state index contributed by atoms with van der Waals surface area (Å²) in [6.07, 6.45) is 5.66. The minimum atomic E-state index is -3.52. The fourth-order valence-electron chi connectivity index (χ4n) is 4.28. The monoisotopic (exact) mass is 431 g/mol. The first-order valence-corrected chi connectivity index (χ1v) is 12.0. The van der Waals surface area contributed by atoms with E-state index in [0.29, 0.717) is 43.9 Å². The number of benzene rings is 1. The smallest absolute Gasteiger partial charge is 0.281 e. The van der Waals surface area contributed by atoms with E-state index in [9.17, 15) is 13.2 Å². The van der Waals surface area contributed by atoms with Crippen molar-refractivity contribution >= 4 is 21.8 Å². The van der Waals surface area contributed by atoms with E-state index in [-0.39, 0.29) is 12.3 Å². The summed E-state index contributed by atoms with van der Waals surface area (Å²) in [7, 11) is -3.52. The van der Waals surface area contributed by atoms with E-state index >= 15 is 0 Å². The first kappa shape index (κ1) is 21.0. The van der Waals surface area contributed by atoms with Gasteiger partial charge in [0.2, 0.25) is 0 Å². The van der Waals surface area contributed by atoms with Gasteiger partial charge in [-0.05, 0) is 44.7 Å². The normalized spacial score (nSPS) is 21.6. The minimum absolute atomic E-state index is 0.135. The molecule has 1 atom stereocenters. The number of rotatable bonds is 5. The Balaban J connectivity index is 1.52. The highest BCUT2D eigenvalue weighted by molar-refractivity contribution is 7.86. The van der Waals surface area contributed by atoms with E-state index in [0.717, 1.165) is 30.5 Å². The van der Waals surface area contributed by atoms with Crippen LogP contribution in [0.5, 0.6) is 0 Å². The van der Waals surface area contributed by atoms with Gasteiger partial charge < -0.3 is 5.73 Å². The van der Waals surface area contributed by atoms with E-state index < -0.39 is 16.1 Å². The Morgan fingerprint density at radius 3 is 2.40 bits per heavy atom. The van der Waals surface area contributed by atoms with Gasteiger partial charge in [-0.2, -0.15) is 22.1 Å². The summed E-state index contributed by atoms with van der Waals surface area (Å²) in [5.74, 6) is -0.249. The molecule has 3 heterocycles. The lowest BCUT2D eigenvalue weighted by molar-refractivity contribution is 0.0870. The Labute approximate surface area is 177 Å². The molecule has 0 radical (unpaired) electrons. The van der Waals surface area contributed by atoms with E-state index in [1.807, 2.05) is 31.2 Å². The third-order valence-electron chi connectivity index (χ3n) is 6.07. The Morgan fingerprint density at radius 2 is 1.70 bits per heavy atom. The van der Waals surface area contributed by atoms with Crippen LogP contribution < -0.4 is 5.73 Å². The van der Waals surface area contributed by atoms with Crippen molar-refractivity contribution in [2.75, 3.05) is 31.9 Å². The van der Waals surface area contributed by atoms with Gasteiger partial charge in [0.25, 0.3) is 10.2 Å². The number of hydrogen-bond donors (Lipinski definition) is 1. The molecule has 2 aliphatic heterocycles. The van der Waals surface area contributed by atoms with Crippen LogP contribution in [0.1, 0.15) is 48.0 Å². The van der Waals surface area contributed by atoms with Gasteiger partial charge in [0, 0.05) is 32.1 Å². The fraction of sp³-hybridized carbons (Fsp3) is 0.524. The maximum absolute atomic E-state index is 13.2. The second-order valence-corrected chi connectivity index (χ2v) is 10.1. The van der Waals surface area contributed by atoms with E-state index in [4.69, 9.17) is 5.73 Å². The number of anilines is 1. The quantitative estimate of drug-likeness (QED) is 0.733. The number of Topliss-reactive ketones (excluding diaryl/α,β-unsaturated/α-hetero) is 1. The largest absolute Gasteiger partial charge is 0.383 e. The SMILES string of the molecule is Cc1ccc(-n2ncc(C(=O)[C@@H]3CCCN(S(=O)(=O)N4CCCCC4)C3)c2N)cc1. The van der Waals surface area contributed by atoms with Gasteiger partial charge in [0.1, 0.15) is 5.82 Å². The molecule has 2 N–H and O–H groups in total. The van der Waals surface area contributed by atoms with Gasteiger partial charge in [-0.15, -0.1) is 0 Å². The molecule has 0 amide bonds. The molecular weight excluding hydrogens is 402 g/mol. The number of nitrogens with two attached hydrogens (primary N) is 1. The molecule has 30 heavy (non-hydrogen) atoms. The molecule has 8 nitrogen and oxygen atoms in total. The Bertz CT molecular complexity index is 1010. The van der Waals surface area contributed by atoms with Crippen LogP contribution in [0.25, 0.3) is 5.69 Å². The first-order chi connectivity index (χ1) is 14.4. The summed E-state index contributed by atoms with van der Waals surface area (Å²) in [6, 6.07) is 7.73. The maximum atomic E-state index is 13.2. The second kappa shape index (κ2) is 8.49. The predicted molar refractivity (Wildman–Crippen MR) is 116 cm³/mol. The predicted octanol–water partition coefficient (Wildman–Crippen LogP) is 2.39. The second-order valence-electron chi connectivity index (χ2n) is 8.22. The average Bonchev–Trinajstić information content (AvgIpc) is 3.15. The zero-order chi connectivity index (χ0) is 21.3. The highest BCUT2D eigenvalue weighted by Gasteiger charge is 2.37. The number of hydrogen-bond acceptors (Lipinski definition) is 5. The summed E-state index contributed by atoms with van der Waals surface area (Å²) in [6.45, 7) is 3.78. The summed E-state index contributed by atoms with van der Waals surface area (Å²) in [4.78, 5) is 13.2. The van der Waals surface area contributed by atoms with Gasteiger partial charge in [-0.25, -0.2) is 4.68 Å². The van der Waals surface area contributed by atoms with Crippen LogP contribution >= 0.6 is 0 Å². The maximum Gasteiger partial charge on any atom is 0.281 e. The molecule has 2 fully saturated rings. The third kappa shape index (κ3) is 4.01. The molecule has 0 bridgehead atoms. The van der Waals surface area contributed by atoms with Crippen molar-refractivity contribution in [1.29, 1.82) is 0 Å². The highest BCUT2D eigenvalue weighted by Crippen LogP contribution is 2.28. The summed E-state index contributed by atoms with van der Waals surface area (Å²) in [5, 5.41) is 4.30. The van der Waals surface area contributed by atoms with Crippen LogP contribution in [-0.4, -0.2) is 58.8 Å². The lowest BCUT2D eigenvalue weighted by atomic mass is 9.92. The number of nitrogens with zero attached hydrogens (tertiary/aromatic N) is 4. The molecule has 2 aliphatic rings. The summed E-state index contributed by atoms with van der Waals surface area (Å²) in [5.41, 5.74) is 8.53. The van der Waals surface area contributed by atoms with E-state index in [1.165, 1.54) is 10.5 Å². The number of ketones is 1. The van der Waals surface area contributed by atoms with Crippen LogP contribution in [-0.2, 0) is 10.2 Å². The Hall–Kier alpha value is -2.23. The molecule has 0 spiro atoms. The highest BCUT2D eigenvalue weighted by atomic mass is 32.2. The van der Waals surface area contributed by atoms with Crippen LogP contribution in [0.2, 0.25) is 0 Å². The third-order valence-corrected chi connectivity index (χ3v) is 8.07. The molecular formula is C21H29N5O3S. The molecule has 0 aliphatic carbocycles. The van der Waals surface area contributed by atoms with Gasteiger partial charge in [0.15, 0.2) is 5.78 Å². The zero-order valence-corrected chi connectivity index (χ0v) is 18.1. The lowest BCUT2D eigenvalue weighted by Gasteiger charge is -2.36. The first-order valence-electron chi connectivity index (χ1n) is 10.6. The molecule has 1 aromatic carbocycles. The molecule has 1 aromatic heterocycles. The number of carbonyl (C=O) groups is 1. The van der Waals surface area contributed by atoms with Gasteiger partial charge >= 0.3 is 0 Å². The van der Waals surface area contributed by atoms with Crippen molar-refractivity contribution < 1.29 is 13.2 Å². The lowest BCUT2D eigenvalue weighted by Crippen LogP contribution is -2.50. The number of carbonyl (C=O) groups excluding carboxylic acids is 1. The topological polar surface area (TPSA) is 102 Å². The van der Waals surface area contributed by atoms with Crippen LogP contribution in [0.4, 0.5) is 5.82 Å². The number of piperidine rings is 2. The van der Waals surface area contributed by atoms with Gasteiger partial charge in [-0.1, -0.05) is 24.1 Å². The van der Waals surface area contributed by atoms with Crippen molar-refractivity contribution in [3.05, 3.63) is 41.6 Å². The average molecular weight is 432 g/mol. The molecule has 2 aromatic rings. The summed E-state index contributed by atoms with van der Waals surface area (Å²) >= 11 is 0. The van der Waals surface area contributed by atoms with Crippen LogP contribution in [0.3, 0.4) is 0 Å². The Morgan fingerprint density at radius 1 is 1.03 bits per heavy atom. The van der Waals surface area contributed by atoms with Crippen LogP contribution in [0.15, 0.2) is 30.5 Å². The van der Waals surface area contributed by atoms with Crippen molar-refractivity contribution in [1.82, 2.24) is 18.4 Å². The van der Waals surface area contributed by atoms with Gasteiger partial charge in [0.05, 0.1) is 17.4 Å². The van der Waals surface area contributed by atoms with Gasteiger partial charge in [-0.3, -0.25) is 4.79 Å². The van der Waals surface area contributed by atoms with Crippen molar-refractivity contribution in [3.8, 4) is 5.69 Å². The molecule has 4 rings (SSSR count). The fourth-order valence-corrected chi connectivity index (χ4v) is 6.06. The number of nitrogen functional groups attached to an aromatic ring is 1.